The number of ether oxygens (including phenoxy) is 1. The number of carbonyl (C=O) groups excluding carboxylic acids is 2. The molecule has 5 rings (SSSR count). The van der Waals surface area contributed by atoms with Gasteiger partial charge in [0.2, 0.25) is 11.8 Å². The number of hydrogen-bond acceptors (Lipinski definition) is 5. The number of fused-ring (bicyclic) bond motifs is 2. The third-order valence-electron chi connectivity index (χ3n) is 7.42. The van der Waals surface area contributed by atoms with Gasteiger partial charge >= 0.3 is 5.97 Å². The summed E-state index contributed by atoms with van der Waals surface area (Å²) in [5.41, 5.74) is 3.32. The second-order valence-electron chi connectivity index (χ2n) is 9.56. The number of amides is 2. The minimum atomic E-state index is -0.864. The van der Waals surface area contributed by atoms with Crippen molar-refractivity contribution in [1.82, 2.24) is 0 Å². The van der Waals surface area contributed by atoms with Crippen LogP contribution in [0.5, 0.6) is 5.75 Å². The summed E-state index contributed by atoms with van der Waals surface area (Å²) in [6, 6.07) is 13.0. The molecular weight excluding hydrogens is 446 g/mol. The maximum atomic E-state index is 13.4. The second-order valence-corrected chi connectivity index (χ2v) is 9.56. The van der Waals surface area contributed by atoms with Crippen LogP contribution in [0.4, 0.5) is 11.4 Å². The summed E-state index contributed by atoms with van der Waals surface area (Å²) in [5, 5.41) is 21.3. The highest BCUT2D eigenvalue weighted by atomic mass is 16.5. The number of rotatable bonds is 7. The van der Waals surface area contributed by atoms with E-state index in [2.05, 4.69) is 11.4 Å². The van der Waals surface area contributed by atoms with E-state index in [0.717, 1.165) is 35.4 Å². The number of anilines is 2. The molecule has 2 heterocycles. The second kappa shape index (κ2) is 9.06. The van der Waals surface area contributed by atoms with Crippen LogP contribution in [0, 0.1) is 17.2 Å². The van der Waals surface area contributed by atoms with Gasteiger partial charge in [-0.25, -0.2) is 0 Å². The third-order valence-corrected chi connectivity index (χ3v) is 7.42. The van der Waals surface area contributed by atoms with Crippen LogP contribution < -0.4 is 15.0 Å². The zero-order valence-corrected chi connectivity index (χ0v) is 19.4. The summed E-state index contributed by atoms with van der Waals surface area (Å²) in [6.07, 6.45) is 3.79. The van der Waals surface area contributed by atoms with Crippen molar-refractivity contribution in [2.75, 3.05) is 23.4 Å². The average Bonchev–Trinajstić information content (AvgIpc) is 3.40. The van der Waals surface area contributed by atoms with Gasteiger partial charge in [-0.05, 0) is 68.0 Å². The topological polar surface area (TPSA) is 120 Å². The van der Waals surface area contributed by atoms with E-state index in [9.17, 15) is 19.6 Å². The van der Waals surface area contributed by atoms with Crippen molar-refractivity contribution in [3.8, 4) is 11.8 Å². The predicted octanol–water partition coefficient (Wildman–Crippen LogP) is 3.77. The molecular formula is C27H27N3O5. The lowest BCUT2D eigenvalue weighted by atomic mass is 9.86. The van der Waals surface area contributed by atoms with Crippen LogP contribution in [0.25, 0.3) is 0 Å². The smallest absolute Gasteiger partial charge is 0.303 e. The molecule has 2 N–H and O–H groups in total. The highest BCUT2D eigenvalue weighted by Gasteiger charge is 2.61. The van der Waals surface area contributed by atoms with E-state index in [0.29, 0.717) is 50.1 Å². The van der Waals surface area contributed by atoms with E-state index >= 15 is 0 Å². The van der Waals surface area contributed by atoms with E-state index in [-0.39, 0.29) is 29.6 Å². The molecule has 2 unspecified atom stereocenters. The molecule has 0 bridgehead atoms. The molecule has 1 saturated carbocycles. The number of carboxylic acid groups (broad SMARTS) is 1. The van der Waals surface area contributed by atoms with Gasteiger partial charge in [-0.15, -0.1) is 0 Å². The van der Waals surface area contributed by atoms with E-state index < -0.39 is 5.97 Å². The maximum Gasteiger partial charge on any atom is 0.303 e. The van der Waals surface area contributed by atoms with E-state index in [4.69, 9.17) is 9.84 Å². The molecule has 2 atom stereocenters. The Balaban J connectivity index is 1.37. The largest absolute Gasteiger partial charge is 0.493 e. The van der Waals surface area contributed by atoms with Crippen LogP contribution in [0.2, 0.25) is 0 Å². The quantitative estimate of drug-likeness (QED) is 0.632. The van der Waals surface area contributed by atoms with Crippen LogP contribution in [0.15, 0.2) is 36.4 Å². The Morgan fingerprint density at radius 3 is 2.86 bits per heavy atom. The Hall–Kier alpha value is -3.86. The van der Waals surface area contributed by atoms with Gasteiger partial charge in [-0.1, -0.05) is 6.07 Å². The summed E-state index contributed by atoms with van der Waals surface area (Å²) >= 11 is 0. The maximum absolute atomic E-state index is 13.4. The summed E-state index contributed by atoms with van der Waals surface area (Å²) < 4.78 is 5.88. The summed E-state index contributed by atoms with van der Waals surface area (Å²) in [6.45, 7) is 1.23. The Morgan fingerprint density at radius 1 is 1.26 bits per heavy atom. The van der Waals surface area contributed by atoms with Gasteiger partial charge in [0.1, 0.15) is 5.75 Å². The van der Waals surface area contributed by atoms with Gasteiger partial charge in [0.25, 0.3) is 0 Å². The Morgan fingerprint density at radius 2 is 2.11 bits per heavy atom. The van der Waals surface area contributed by atoms with Crippen LogP contribution in [-0.4, -0.2) is 36.0 Å². The molecule has 1 spiro atoms. The molecule has 2 aliphatic heterocycles. The number of nitrogens with one attached hydrogen (secondary N) is 1. The van der Waals surface area contributed by atoms with Crippen molar-refractivity contribution >= 4 is 29.2 Å². The van der Waals surface area contributed by atoms with Crippen LogP contribution >= 0.6 is 0 Å². The summed E-state index contributed by atoms with van der Waals surface area (Å²) in [4.78, 5) is 38.4. The van der Waals surface area contributed by atoms with Crippen LogP contribution in [0.1, 0.15) is 55.2 Å². The standard InChI is InChI=1S/C27H27N3O5/c28-16-17-6-7-18(3-1-5-25(32)33)22(13-17)29-26(34)21-15-27(21)10-12-35-23-9-8-19(14-20(23)27)30-11-2-4-24(30)31/h6-9,13-14,21H,1-5,10-12,15H2,(H,29,34)(H,32,33). The van der Waals surface area contributed by atoms with Gasteiger partial charge in [0.05, 0.1) is 18.2 Å². The molecule has 0 radical (unpaired) electrons. The number of nitrogens with zero attached hydrogens (tertiary/aromatic N) is 2. The highest BCUT2D eigenvalue weighted by Crippen LogP contribution is 2.61. The van der Waals surface area contributed by atoms with Crippen molar-refractivity contribution in [3.63, 3.8) is 0 Å². The van der Waals surface area contributed by atoms with Gasteiger partial charge in [0, 0.05) is 47.7 Å². The Labute approximate surface area is 203 Å². The van der Waals surface area contributed by atoms with Crippen molar-refractivity contribution in [1.29, 1.82) is 5.26 Å². The van der Waals surface area contributed by atoms with Crippen molar-refractivity contribution in [2.24, 2.45) is 5.92 Å². The minimum Gasteiger partial charge on any atom is -0.493 e. The number of aliphatic carboxylic acids is 1. The molecule has 2 aromatic carbocycles. The normalized spacial score (nSPS) is 22.3. The molecule has 2 aromatic rings. The number of hydrogen-bond donors (Lipinski definition) is 2. The van der Waals surface area contributed by atoms with Gasteiger partial charge in [0.15, 0.2) is 0 Å². The first-order valence-corrected chi connectivity index (χ1v) is 12.0. The number of carboxylic acids is 1. The summed E-state index contributed by atoms with van der Waals surface area (Å²) in [7, 11) is 0. The first-order chi connectivity index (χ1) is 16.9. The molecule has 8 nitrogen and oxygen atoms in total. The Bertz CT molecular complexity index is 1250. The first kappa shape index (κ1) is 22.9. The van der Waals surface area contributed by atoms with Crippen LogP contribution in [-0.2, 0) is 26.2 Å². The number of carbonyl (C=O) groups is 3. The monoisotopic (exact) mass is 473 g/mol. The van der Waals surface area contributed by atoms with Gasteiger partial charge in [-0.2, -0.15) is 5.26 Å². The zero-order valence-electron chi connectivity index (χ0n) is 19.4. The minimum absolute atomic E-state index is 0.0394. The average molecular weight is 474 g/mol. The molecule has 8 heteroatoms. The fourth-order valence-corrected chi connectivity index (χ4v) is 5.45. The van der Waals surface area contributed by atoms with Crippen molar-refractivity contribution in [2.45, 2.75) is 50.4 Å². The molecule has 1 saturated heterocycles. The van der Waals surface area contributed by atoms with E-state index in [1.54, 1.807) is 23.1 Å². The molecule has 1 aliphatic carbocycles. The lowest BCUT2D eigenvalue weighted by molar-refractivity contribution is -0.137. The molecule has 0 aromatic heterocycles. The lowest BCUT2D eigenvalue weighted by Crippen LogP contribution is -2.28. The number of nitriles is 1. The fourth-order valence-electron chi connectivity index (χ4n) is 5.45. The van der Waals surface area contributed by atoms with Crippen molar-refractivity contribution < 1.29 is 24.2 Å². The molecule has 35 heavy (non-hydrogen) atoms. The van der Waals surface area contributed by atoms with Crippen molar-refractivity contribution in [3.05, 3.63) is 53.1 Å². The third kappa shape index (κ3) is 4.34. The predicted molar refractivity (Wildman–Crippen MR) is 128 cm³/mol. The van der Waals surface area contributed by atoms with E-state index in [1.165, 1.54) is 0 Å². The SMILES string of the molecule is N#Cc1ccc(CCCC(=O)O)c(NC(=O)C2CC23CCOc2ccc(N4CCCC4=O)cc23)c1. The van der Waals surface area contributed by atoms with Gasteiger partial charge < -0.3 is 20.1 Å². The first-order valence-electron chi connectivity index (χ1n) is 12.0. The number of benzene rings is 2. The lowest BCUT2D eigenvalue weighted by Gasteiger charge is -2.28. The van der Waals surface area contributed by atoms with Gasteiger partial charge in [-0.3, -0.25) is 14.4 Å². The fraction of sp³-hybridized carbons (Fsp3) is 0.407. The summed E-state index contributed by atoms with van der Waals surface area (Å²) in [5.74, 6) is -0.337. The molecule has 2 fully saturated rings. The number of aryl methyl sites for hydroxylation is 1. The zero-order chi connectivity index (χ0) is 24.6. The van der Waals surface area contributed by atoms with E-state index in [1.807, 2.05) is 18.2 Å². The molecule has 180 valence electrons. The highest BCUT2D eigenvalue weighted by molar-refractivity contribution is 5.98. The van der Waals surface area contributed by atoms with Crippen LogP contribution in [0.3, 0.4) is 0 Å². The molecule has 2 amide bonds. The molecule has 3 aliphatic rings. The Kier molecular flexibility index (Phi) is 5.93.